The minimum Gasteiger partial charge on any atom is -0.354 e. The van der Waals surface area contributed by atoms with Crippen molar-refractivity contribution in [3.05, 3.63) is 28.0 Å². The molecular weight excluding hydrogens is 345 g/mol. The van der Waals surface area contributed by atoms with E-state index in [9.17, 15) is 18.8 Å². The van der Waals surface area contributed by atoms with Crippen molar-refractivity contribution in [3.8, 4) is 6.07 Å². The number of Topliss-reactive ketones (excluding diaryl/α,β-unsaturated/α-hetero) is 1. The number of carbonyl (C=O) groups excluding carboxylic acids is 3. The van der Waals surface area contributed by atoms with Crippen molar-refractivity contribution in [3.63, 3.8) is 0 Å². The molecule has 0 atom stereocenters. The van der Waals surface area contributed by atoms with E-state index in [1.165, 1.54) is 0 Å². The van der Waals surface area contributed by atoms with Gasteiger partial charge in [-0.2, -0.15) is 5.26 Å². The normalized spacial score (nSPS) is 13.1. The predicted octanol–water partition coefficient (Wildman–Crippen LogP) is 1.15. The zero-order valence-corrected chi connectivity index (χ0v) is 12.2. The maximum absolute atomic E-state index is 13.3. The smallest absolute Gasteiger partial charge is 0.299 e. The van der Waals surface area contributed by atoms with Crippen LogP contribution in [-0.2, 0) is 9.59 Å². The summed E-state index contributed by atoms with van der Waals surface area (Å²) in [6, 6.07) is 3.95. The molecule has 1 aromatic rings. The minimum absolute atomic E-state index is 0.0725. The second kappa shape index (κ2) is 6.01. The Bertz CT molecular complexity index is 684. The van der Waals surface area contributed by atoms with Crippen LogP contribution in [0.2, 0.25) is 0 Å². The van der Waals surface area contributed by atoms with Crippen LogP contribution >= 0.6 is 15.9 Å². The number of benzene rings is 1. The summed E-state index contributed by atoms with van der Waals surface area (Å²) in [5, 5.41) is 10.8. The Morgan fingerprint density at radius 3 is 2.81 bits per heavy atom. The second-order valence-corrected chi connectivity index (χ2v) is 5.12. The average Bonchev–Trinajstić information content (AvgIpc) is 2.64. The molecule has 0 saturated carbocycles. The highest BCUT2D eigenvalue weighted by Crippen LogP contribution is 2.36. The summed E-state index contributed by atoms with van der Waals surface area (Å²) in [5.74, 6) is -2.89. The lowest BCUT2D eigenvalue weighted by Crippen LogP contribution is -2.40. The summed E-state index contributed by atoms with van der Waals surface area (Å²) in [5.41, 5.74) is 0.110. The predicted molar refractivity (Wildman–Crippen MR) is 74.0 cm³/mol. The van der Waals surface area contributed by atoms with Crippen molar-refractivity contribution in [2.75, 3.05) is 18.0 Å². The van der Waals surface area contributed by atoms with Gasteiger partial charge in [0.1, 0.15) is 12.4 Å². The number of ketones is 1. The molecule has 108 valence electrons. The molecule has 0 saturated heterocycles. The van der Waals surface area contributed by atoms with Crippen LogP contribution in [0.5, 0.6) is 0 Å². The van der Waals surface area contributed by atoms with E-state index in [0.29, 0.717) is 0 Å². The monoisotopic (exact) mass is 353 g/mol. The first-order valence-electron chi connectivity index (χ1n) is 5.94. The van der Waals surface area contributed by atoms with E-state index < -0.39 is 23.4 Å². The molecule has 1 heterocycles. The van der Waals surface area contributed by atoms with Crippen molar-refractivity contribution >= 4 is 39.2 Å². The molecule has 6 nitrogen and oxygen atoms in total. The van der Waals surface area contributed by atoms with Gasteiger partial charge in [-0.05, 0) is 28.1 Å². The fraction of sp³-hybridized carbons (Fsp3) is 0.231. The summed E-state index contributed by atoms with van der Waals surface area (Å²) in [4.78, 5) is 36.4. The standard InChI is InChI=1S/C13H9BrFN3O3/c14-9-5-7(15)4-8-11(9)18(13(21)12(8)20)6-10(19)17-3-1-2-16/h4-5H,1,3,6H2,(H,17,19). The first-order valence-corrected chi connectivity index (χ1v) is 6.74. The Kier molecular flexibility index (Phi) is 4.33. The number of hydrogen-bond donors (Lipinski definition) is 1. The number of carbonyl (C=O) groups is 3. The van der Waals surface area contributed by atoms with Crippen LogP contribution in [0, 0.1) is 17.1 Å². The highest BCUT2D eigenvalue weighted by Gasteiger charge is 2.38. The summed E-state index contributed by atoms with van der Waals surface area (Å²) in [7, 11) is 0. The van der Waals surface area contributed by atoms with E-state index in [0.717, 1.165) is 17.0 Å². The van der Waals surface area contributed by atoms with Crippen LogP contribution in [0.3, 0.4) is 0 Å². The van der Waals surface area contributed by atoms with E-state index in [1.807, 2.05) is 6.07 Å². The van der Waals surface area contributed by atoms with Gasteiger partial charge in [-0.25, -0.2) is 4.39 Å². The fourth-order valence-corrected chi connectivity index (χ4v) is 2.61. The van der Waals surface area contributed by atoms with Crippen molar-refractivity contribution < 1.29 is 18.8 Å². The van der Waals surface area contributed by atoms with Gasteiger partial charge < -0.3 is 5.32 Å². The summed E-state index contributed by atoms with van der Waals surface area (Å²) in [6.45, 7) is -0.212. The summed E-state index contributed by atoms with van der Waals surface area (Å²) < 4.78 is 13.5. The third-order valence-corrected chi connectivity index (χ3v) is 3.45. The van der Waals surface area contributed by atoms with E-state index in [2.05, 4.69) is 21.2 Å². The molecule has 2 amide bonds. The number of amides is 2. The van der Waals surface area contributed by atoms with Gasteiger partial charge in [0.2, 0.25) is 5.91 Å². The van der Waals surface area contributed by atoms with Crippen molar-refractivity contribution in [1.29, 1.82) is 5.26 Å². The molecule has 0 radical (unpaired) electrons. The number of fused-ring (bicyclic) bond motifs is 1. The second-order valence-electron chi connectivity index (χ2n) is 4.26. The molecule has 21 heavy (non-hydrogen) atoms. The summed E-state index contributed by atoms with van der Waals surface area (Å²) in [6.07, 6.45) is 0.143. The summed E-state index contributed by atoms with van der Waals surface area (Å²) >= 11 is 3.09. The van der Waals surface area contributed by atoms with Gasteiger partial charge in [-0.1, -0.05) is 0 Å². The topological polar surface area (TPSA) is 90.3 Å². The van der Waals surface area contributed by atoms with Gasteiger partial charge >= 0.3 is 0 Å². The van der Waals surface area contributed by atoms with Crippen LogP contribution in [0.4, 0.5) is 10.1 Å². The van der Waals surface area contributed by atoms with Crippen LogP contribution < -0.4 is 10.2 Å². The van der Waals surface area contributed by atoms with E-state index in [1.54, 1.807) is 0 Å². The van der Waals surface area contributed by atoms with Gasteiger partial charge in [-0.3, -0.25) is 19.3 Å². The molecule has 2 rings (SSSR count). The molecule has 0 unspecified atom stereocenters. The molecule has 0 fully saturated rings. The van der Waals surface area contributed by atoms with Crippen LogP contribution in [0.1, 0.15) is 16.8 Å². The molecule has 8 heteroatoms. The Hall–Kier alpha value is -2.27. The SMILES string of the molecule is N#CCCNC(=O)CN1C(=O)C(=O)c2cc(F)cc(Br)c21. The number of nitrogens with zero attached hydrogens (tertiary/aromatic N) is 2. The largest absolute Gasteiger partial charge is 0.354 e. The third-order valence-electron chi connectivity index (χ3n) is 2.84. The number of nitriles is 1. The molecule has 0 aromatic heterocycles. The van der Waals surface area contributed by atoms with Crippen molar-refractivity contribution in [2.45, 2.75) is 6.42 Å². The molecular formula is C13H9BrFN3O3. The first kappa shape index (κ1) is 15.1. The Morgan fingerprint density at radius 1 is 1.43 bits per heavy atom. The maximum atomic E-state index is 13.3. The molecule has 1 N–H and O–H groups in total. The highest BCUT2D eigenvalue weighted by molar-refractivity contribution is 9.10. The number of hydrogen-bond acceptors (Lipinski definition) is 4. The van der Waals surface area contributed by atoms with Gasteiger partial charge in [0.05, 0.1) is 23.7 Å². The Labute approximate surface area is 127 Å². The molecule has 1 aromatic carbocycles. The lowest BCUT2D eigenvalue weighted by atomic mass is 10.1. The van der Waals surface area contributed by atoms with Gasteiger partial charge in [0.15, 0.2) is 0 Å². The molecule has 0 aliphatic carbocycles. The van der Waals surface area contributed by atoms with Gasteiger partial charge in [0, 0.05) is 11.0 Å². The number of anilines is 1. The zero-order valence-electron chi connectivity index (χ0n) is 10.7. The quantitative estimate of drug-likeness (QED) is 0.649. The molecule has 1 aliphatic rings. The Morgan fingerprint density at radius 2 is 2.14 bits per heavy atom. The molecule has 0 bridgehead atoms. The van der Waals surface area contributed by atoms with Crippen LogP contribution in [0.15, 0.2) is 16.6 Å². The van der Waals surface area contributed by atoms with Crippen molar-refractivity contribution in [1.82, 2.24) is 5.32 Å². The minimum atomic E-state index is -0.883. The molecule has 0 spiro atoms. The zero-order chi connectivity index (χ0) is 15.6. The highest BCUT2D eigenvalue weighted by atomic mass is 79.9. The van der Waals surface area contributed by atoms with Gasteiger partial charge in [0.25, 0.3) is 11.7 Å². The number of nitrogens with one attached hydrogen (secondary N) is 1. The lowest BCUT2D eigenvalue weighted by Gasteiger charge is -2.17. The van der Waals surface area contributed by atoms with Crippen molar-refractivity contribution in [2.24, 2.45) is 0 Å². The maximum Gasteiger partial charge on any atom is 0.299 e. The Balaban J connectivity index is 2.23. The van der Waals surface area contributed by atoms with Crippen LogP contribution in [0.25, 0.3) is 0 Å². The van der Waals surface area contributed by atoms with E-state index in [-0.39, 0.29) is 35.2 Å². The molecule has 1 aliphatic heterocycles. The lowest BCUT2D eigenvalue weighted by molar-refractivity contribution is -0.122. The van der Waals surface area contributed by atoms with Crippen LogP contribution in [-0.4, -0.2) is 30.7 Å². The third kappa shape index (κ3) is 2.92. The van der Waals surface area contributed by atoms with Gasteiger partial charge in [-0.15, -0.1) is 0 Å². The first-order chi connectivity index (χ1) is 9.95. The fourth-order valence-electron chi connectivity index (χ4n) is 1.96. The number of halogens is 2. The average molecular weight is 354 g/mol. The van der Waals surface area contributed by atoms with E-state index >= 15 is 0 Å². The van der Waals surface area contributed by atoms with E-state index in [4.69, 9.17) is 5.26 Å². The number of rotatable bonds is 4.